The Kier molecular flexibility index (Phi) is 4.29. The van der Waals surface area contributed by atoms with Gasteiger partial charge in [-0.15, -0.1) is 0 Å². The molecule has 1 aromatic heterocycles. The van der Waals surface area contributed by atoms with E-state index in [1.54, 1.807) is 11.3 Å². The second kappa shape index (κ2) is 5.61. The molecule has 3 nitrogen and oxygen atoms in total. The molecule has 1 fully saturated rings. The summed E-state index contributed by atoms with van der Waals surface area (Å²) in [6, 6.07) is 0. The standard InChI is InChI=1S/C15H24N2OS/c1-5-15(6-2)7-8-17(10-15)14-16-13(11(3)4)12(9-18)19-14/h9,11H,5-8,10H2,1-4H3. The number of aromatic nitrogens is 1. The quantitative estimate of drug-likeness (QED) is 0.761. The summed E-state index contributed by atoms with van der Waals surface area (Å²) in [6.45, 7) is 10.9. The summed E-state index contributed by atoms with van der Waals surface area (Å²) < 4.78 is 0. The third kappa shape index (κ3) is 2.69. The summed E-state index contributed by atoms with van der Waals surface area (Å²) in [5.41, 5.74) is 1.41. The number of hydrogen-bond acceptors (Lipinski definition) is 4. The highest BCUT2D eigenvalue weighted by Crippen LogP contribution is 2.40. The Morgan fingerprint density at radius 1 is 1.42 bits per heavy atom. The lowest BCUT2D eigenvalue weighted by Crippen LogP contribution is -2.26. The lowest BCUT2D eigenvalue weighted by molar-refractivity contribution is 0.112. The lowest BCUT2D eigenvalue weighted by atomic mass is 9.82. The second-order valence-corrected chi connectivity index (χ2v) is 6.91. The van der Waals surface area contributed by atoms with Crippen molar-refractivity contribution in [3.63, 3.8) is 0 Å². The first-order valence-corrected chi connectivity index (χ1v) is 8.07. The molecule has 1 saturated heterocycles. The summed E-state index contributed by atoms with van der Waals surface area (Å²) >= 11 is 1.55. The Balaban J connectivity index is 2.22. The molecular formula is C15H24N2OS. The number of carbonyl (C=O) groups is 1. The van der Waals surface area contributed by atoms with Crippen molar-refractivity contribution < 1.29 is 4.79 Å². The van der Waals surface area contributed by atoms with Crippen molar-refractivity contribution in [1.29, 1.82) is 0 Å². The van der Waals surface area contributed by atoms with Crippen LogP contribution < -0.4 is 4.90 Å². The van der Waals surface area contributed by atoms with Crippen molar-refractivity contribution in [3.05, 3.63) is 10.6 Å². The van der Waals surface area contributed by atoms with E-state index in [1.165, 1.54) is 19.3 Å². The van der Waals surface area contributed by atoms with Crippen LogP contribution in [-0.4, -0.2) is 24.4 Å². The molecule has 0 bridgehead atoms. The minimum atomic E-state index is 0.315. The molecule has 0 atom stereocenters. The van der Waals surface area contributed by atoms with Gasteiger partial charge in [0.05, 0.1) is 10.6 Å². The molecular weight excluding hydrogens is 256 g/mol. The van der Waals surface area contributed by atoms with Crippen molar-refractivity contribution in [1.82, 2.24) is 4.98 Å². The van der Waals surface area contributed by atoms with E-state index in [0.717, 1.165) is 35.1 Å². The van der Waals surface area contributed by atoms with Gasteiger partial charge in [-0.25, -0.2) is 4.98 Å². The van der Waals surface area contributed by atoms with Gasteiger partial charge < -0.3 is 4.90 Å². The average molecular weight is 280 g/mol. The van der Waals surface area contributed by atoms with Gasteiger partial charge >= 0.3 is 0 Å². The van der Waals surface area contributed by atoms with Crippen LogP contribution in [0, 0.1) is 5.41 Å². The van der Waals surface area contributed by atoms with Crippen LogP contribution in [0.15, 0.2) is 0 Å². The van der Waals surface area contributed by atoms with E-state index in [2.05, 4.69) is 32.6 Å². The van der Waals surface area contributed by atoms with Gasteiger partial charge in [0, 0.05) is 13.1 Å². The first kappa shape index (κ1) is 14.5. The number of anilines is 1. The molecule has 2 rings (SSSR count). The van der Waals surface area contributed by atoms with E-state index in [4.69, 9.17) is 4.98 Å². The van der Waals surface area contributed by atoms with E-state index in [1.807, 2.05) is 0 Å². The Labute approximate surface area is 120 Å². The van der Waals surface area contributed by atoms with Gasteiger partial charge in [-0.3, -0.25) is 4.79 Å². The molecule has 0 aromatic carbocycles. The predicted octanol–water partition coefficient (Wildman–Crippen LogP) is 4.10. The number of nitrogens with zero attached hydrogens (tertiary/aromatic N) is 2. The van der Waals surface area contributed by atoms with Gasteiger partial charge in [0.2, 0.25) is 0 Å². The minimum absolute atomic E-state index is 0.315. The van der Waals surface area contributed by atoms with E-state index in [-0.39, 0.29) is 0 Å². The fourth-order valence-electron chi connectivity index (χ4n) is 2.89. The molecule has 2 heterocycles. The fraction of sp³-hybridized carbons (Fsp3) is 0.733. The summed E-state index contributed by atoms with van der Waals surface area (Å²) in [6.07, 6.45) is 4.65. The van der Waals surface area contributed by atoms with Crippen LogP contribution in [0.4, 0.5) is 5.13 Å². The highest BCUT2D eigenvalue weighted by molar-refractivity contribution is 7.17. The maximum Gasteiger partial charge on any atom is 0.186 e. The maximum absolute atomic E-state index is 11.2. The fourth-order valence-corrected chi connectivity index (χ4v) is 3.95. The van der Waals surface area contributed by atoms with Crippen LogP contribution in [0.1, 0.15) is 68.2 Å². The largest absolute Gasteiger partial charge is 0.347 e. The van der Waals surface area contributed by atoms with Crippen molar-refractivity contribution in [2.45, 2.75) is 52.9 Å². The molecule has 0 radical (unpaired) electrons. The Morgan fingerprint density at radius 2 is 2.11 bits per heavy atom. The number of carbonyl (C=O) groups excluding carboxylic acids is 1. The third-order valence-electron chi connectivity index (χ3n) is 4.53. The minimum Gasteiger partial charge on any atom is -0.347 e. The molecule has 0 N–H and O–H groups in total. The predicted molar refractivity (Wildman–Crippen MR) is 81.4 cm³/mol. The molecule has 1 aliphatic rings. The van der Waals surface area contributed by atoms with E-state index in [0.29, 0.717) is 11.3 Å². The summed E-state index contributed by atoms with van der Waals surface area (Å²) in [5.74, 6) is 0.315. The monoisotopic (exact) mass is 280 g/mol. The van der Waals surface area contributed by atoms with Crippen LogP contribution in [0.2, 0.25) is 0 Å². The average Bonchev–Trinajstić information content (AvgIpc) is 3.03. The summed E-state index contributed by atoms with van der Waals surface area (Å²) in [4.78, 5) is 19.0. The third-order valence-corrected chi connectivity index (χ3v) is 5.59. The lowest BCUT2D eigenvalue weighted by Gasteiger charge is -2.26. The maximum atomic E-state index is 11.2. The molecule has 0 unspecified atom stereocenters. The Morgan fingerprint density at radius 3 is 2.53 bits per heavy atom. The van der Waals surface area contributed by atoms with Crippen LogP contribution in [0.3, 0.4) is 0 Å². The Hall–Kier alpha value is -0.900. The molecule has 0 amide bonds. The van der Waals surface area contributed by atoms with Crippen molar-refractivity contribution >= 4 is 22.8 Å². The molecule has 0 aliphatic carbocycles. The summed E-state index contributed by atoms with van der Waals surface area (Å²) in [5, 5.41) is 1.04. The normalized spacial score (nSPS) is 18.3. The first-order chi connectivity index (χ1) is 9.05. The molecule has 19 heavy (non-hydrogen) atoms. The van der Waals surface area contributed by atoms with Crippen molar-refractivity contribution in [3.8, 4) is 0 Å². The van der Waals surface area contributed by atoms with Gasteiger partial charge in [0.25, 0.3) is 0 Å². The van der Waals surface area contributed by atoms with Crippen LogP contribution in [-0.2, 0) is 0 Å². The number of aldehydes is 1. The SMILES string of the molecule is CCC1(CC)CCN(c2nc(C(C)C)c(C=O)s2)C1. The van der Waals surface area contributed by atoms with E-state index < -0.39 is 0 Å². The highest BCUT2D eigenvalue weighted by atomic mass is 32.1. The molecule has 1 aliphatic heterocycles. The Bertz CT molecular complexity index is 449. The smallest absolute Gasteiger partial charge is 0.186 e. The van der Waals surface area contributed by atoms with Gasteiger partial charge in [-0.05, 0) is 30.6 Å². The van der Waals surface area contributed by atoms with Crippen LogP contribution in [0.25, 0.3) is 0 Å². The highest BCUT2D eigenvalue weighted by Gasteiger charge is 2.36. The van der Waals surface area contributed by atoms with E-state index in [9.17, 15) is 4.79 Å². The zero-order chi connectivity index (χ0) is 14.0. The number of thiazole rings is 1. The van der Waals surface area contributed by atoms with Gasteiger partial charge in [-0.1, -0.05) is 39.0 Å². The molecule has 4 heteroatoms. The molecule has 0 saturated carbocycles. The van der Waals surface area contributed by atoms with Crippen LogP contribution >= 0.6 is 11.3 Å². The van der Waals surface area contributed by atoms with Gasteiger partial charge in [-0.2, -0.15) is 0 Å². The van der Waals surface area contributed by atoms with Crippen LogP contribution in [0.5, 0.6) is 0 Å². The van der Waals surface area contributed by atoms with Crippen molar-refractivity contribution in [2.24, 2.45) is 5.41 Å². The second-order valence-electron chi connectivity index (χ2n) is 5.90. The number of rotatable bonds is 5. The molecule has 106 valence electrons. The zero-order valence-corrected chi connectivity index (χ0v) is 13.2. The molecule has 1 aromatic rings. The topological polar surface area (TPSA) is 33.2 Å². The van der Waals surface area contributed by atoms with Gasteiger partial charge in [0.1, 0.15) is 0 Å². The summed E-state index contributed by atoms with van der Waals surface area (Å²) in [7, 11) is 0. The molecule has 0 spiro atoms. The van der Waals surface area contributed by atoms with Crippen molar-refractivity contribution in [2.75, 3.05) is 18.0 Å². The number of hydrogen-bond donors (Lipinski definition) is 0. The van der Waals surface area contributed by atoms with Gasteiger partial charge in [0.15, 0.2) is 11.4 Å². The zero-order valence-electron chi connectivity index (χ0n) is 12.4. The first-order valence-electron chi connectivity index (χ1n) is 7.26. The van der Waals surface area contributed by atoms with E-state index >= 15 is 0 Å².